The third-order valence-corrected chi connectivity index (χ3v) is 4.61. The third kappa shape index (κ3) is 5.15. The molecule has 19 heavy (non-hydrogen) atoms. The van der Waals surface area contributed by atoms with Crippen molar-refractivity contribution in [2.24, 2.45) is 5.92 Å². The Labute approximate surface area is 112 Å². The first kappa shape index (κ1) is 15.9. The summed E-state index contributed by atoms with van der Waals surface area (Å²) in [5, 5.41) is 8.83. The van der Waals surface area contributed by atoms with E-state index >= 15 is 0 Å². The summed E-state index contributed by atoms with van der Waals surface area (Å²) in [6.07, 6.45) is 0.748. The Kier molecular flexibility index (Phi) is 5.74. The lowest BCUT2D eigenvalue weighted by Gasteiger charge is -2.30. The van der Waals surface area contributed by atoms with E-state index in [1.165, 1.54) is 12.0 Å². The van der Waals surface area contributed by atoms with Crippen molar-refractivity contribution in [1.29, 1.82) is 0 Å². The molecule has 0 aromatic rings. The SMILES string of the molecule is COCCS(=O)(=O)CC(=O)N1CCC(C(=O)O)CC1. The topological polar surface area (TPSA) is 101 Å². The molecule has 1 fully saturated rings. The lowest BCUT2D eigenvalue weighted by Crippen LogP contribution is -2.43. The average molecular weight is 293 g/mol. The maximum Gasteiger partial charge on any atom is 0.306 e. The molecule has 1 aliphatic rings. The normalized spacial score (nSPS) is 17.4. The van der Waals surface area contributed by atoms with Crippen molar-refractivity contribution in [3.63, 3.8) is 0 Å². The molecule has 1 rings (SSSR count). The minimum atomic E-state index is -3.45. The van der Waals surface area contributed by atoms with Gasteiger partial charge in [0.15, 0.2) is 9.84 Å². The van der Waals surface area contributed by atoms with Crippen LogP contribution in [0, 0.1) is 5.92 Å². The Morgan fingerprint density at radius 3 is 2.37 bits per heavy atom. The summed E-state index contributed by atoms with van der Waals surface area (Å²) in [6.45, 7) is 0.669. The number of ether oxygens (including phenoxy) is 1. The van der Waals surface area contributed by atoms with E-state index in [4.69, 9.17) is 5.11 Å². The molecule has 0 bridgehead atoms. The molecule has 7 nitrogen and oxygen atoms in total. The zero-order valence-electron chi connectivity index (χ0n) is 10.9. The van der Waals surface area contributed by atoms with Gasteiger partial charge in [-0.2, -0.15) is 0 Å². The van der Waals surface area contributed by atoms with E-state index in [0.717, 1.165) is 0 Å². The van der Waals surface area contributed by atoms with Gasteiger partial charge in [0.25, 0.3) is 0 Å². The Balaban J connectivity index is 2.45. The Bertz CT molecular complexity index is 424. The second kappa shape index (κ2) is 6.85. The fourth-order valence-electron chi connectivity index (χ4n) is 1.94. The average Bonchev–Trinajstić information content (AvgIpc) is 2.36. The van der Waals surface area contributed by atoms with Crippen molar-refractivity contribution < 1.29 is 27.9 Å². The van der Waals surface area contributed by atoms with E-state index < -0.39 is 33.4 Å². The van der Waals surface area contributed by atoms with E-state index in [2.05, 4.69) is 4.74 Å². The molecule has 0 unspecified atom stereocenters. The molecule has 1 amide bonds. The highest BCUT2D eigenvalue weighted by Crippen LogP contribution is 2.17. The lowest BCUT2D eigenvalue weighted by atomic mass is 9.97. The molecule has 0 saturated carbocycles. The van der Waals surface area contributed by atoms with E-state index in [9.17, 15) is 18.0 Å². The van der Waals surface area contributed by atoms with Crippen molar-refractivity contribution in [1.82, 2.24) is 4.90 Å². The van der Waals surface area contributed by atoms with Crippen LogP contribution in [0.4, 0.5) is 0 Å². The molecule has 0 aliphatic carbocycles. The molecule has 1 saturated heterocycles. The van der Waals surface area contributed by atoms with Gasteiger partial charge in [0, 0.05) is 20.2 Å². The number of methoxy groups -OCH3 is 1. The molecule has 1 N–H and O–H groups in total. The van der Waals surface area contributed by atoms with E-state index in [1.807, 2.05) is 0 Å². The molecule has 0 spiro atoms. The van der Waals surface area contributed by atoms with Crippen LogP contribution in [0.3, 0.4) is 0 Å². The van der Waals surface area contributed by atoms with Gasteiger partial charge in [-0.05, 0) is 12.8 Å². The van der Waals surface area contributed by atoms with Crippen LogP contribution in [0.25, 0.3) is 0 Å². The smallest absolute Gasteiger partial charge is 0.306 e. The number of hydrogen-bond acceptors (Lipinski definition) is 5. The van der Waals surface area contributed by atoms with Crippen LogP contribution in [0.15, 0.2) is 0 Å². The monoisotopic (exact) mass is 293 g/mol. The number of piperidine rings is 1. The molecule has 0 radical (unpaired) electrons. The van der Waals surface area contributed by atoms with Gasteiger partial charge in [0.05, 0.1) is 18.3 Å². The van der Waals surface area contributed by atoms with Gasteiger partial charge in [-0.15, -0.1) is 0 Å². The summed E-state index contributed by atoms with van der Waals surface area (Å²) in [5.41, 5.74) is 0. The number of carbonyl (C=O) groups is 2. The van der Waals surface area contributed by atoms with Crippen LogP contribution in [0.1, 0.15) is 12.8 Å². The van der Waals surface area contributed by atoms with Crippen molar-refractivity contribution in [3.8, 4) is 0 Å². The number of aliphatic carboxylic acids is 1. The molecule has 0 aromatic carbocycles. The number of carboxylic acid groups (broad SMARTS) is 1. The van der Waals surface area contributed by atoms with Crippen molar-refractivity contribution >= 4 is 21.7 Å². The number of amides is 1. The van der Waals surface area contributed by atoms with Crippen molar-refractivity contribution in [3.05, 3.63) is 0 Å². The van der Waals surface area contributed by atoms with E-state index in [0.29, 0.717) is 25.9 Å². The molecular formula is C11H19NO6S. The predicted octanol–water partition coefficient (Wildman–Crippen LogP) is -0.629. The Hall–Kier alpha value is -1.15. The minimum Gasteiger partial charge on any atom is -0.481 e. The van der Waals surface area contributed by atoms with Crippen molar-refractivity contribution in [2.45, 2.75) is 12.8 Å². The van der Waals surface area contributed by atoms with Gasteiger partial charge in [-0.3, -0.25) is 9.59 Å². The highest BCUT2D eigenvalue weighted by Gasteiger charge is 2.28. The zero-order chi connectivity index (χ0) is 14.5. The second-order valence-electron chi connectivity index (χ2n) is 4.58. The largest absolute Gasteiger partial charge is 0.481 e. The number of rotatable bonds is 6. The molecule has 0 aromatic heterocycles. The summed E-state index contributed by atoms with van der Waals surface area (Å²) < 4.78 is 27.9. The van der Waals surface area contributed by atoms with Crippen LogP contribution in [0.2, 0.25) is 0 Å². The van der Waals surface area contributed by atoms with Gasteiger partial charge in [-0.1, -0.05) is 0 Å². The van der Waals surface area contributed by atoms with Crippen LogP contribution in [-0.2, 0) is 24.2 Å². The first-order valence-corrected chi connectivity index (χ1v) is 7.88. The minimum absolute atomic E-state index is 0.0662. The van der Waals surface area contributed by atoms with Crippen molar-refractivity contribution in [2.75, 3.05) is 38.3 Å². The quantitative estimate of drug-likeness (QED) is 0.700. The lowest BCUT2D eigenvalue weighted by molar-refractivity contribution is -0.145. The summed E-state index contributed by atoms with van der Waals surface area (Å²) in [4.78, 5) is 24.0. The van der Waals surface area contributed by atoms with E-state index in [1.54, 1.807) is 0 Å². The van der Waals surface area contributed by atoms with Crippen LogP contribution >= 0.6 is 0 Å². The maximum atomic E-state index is 11.8. The molecular weight excluding hydrogens is 274 g/mol. The molecule has 0 atom stereocenters. The van der Waals surface area contributed by atoms with Gasteiger partial charge in [0.2, 0.25) is 5.91 Å². The highest BCUT2D eigenvalue weighted by molar-refractivity contribution is 7.92. The standard InChI is InChI=1S/C11H19NO6S/c1-18-6-7-19(16,17)8-10(13)12-4-2-9(3-5-12)11(14)15/h9H,2-8H2,1H3,(H,14,15). The highest BCUT2D eigenvalue weighted by atomic mass is 32.2. The molecule has 1 aliphatic heterocycles. The number of sulfone groups is 1. The summed E-state index contributed by atoms with van der Waals surface area (Å²) in [6, 6.07) is 0. The second-order valence-corrected chi connectivity index (χ2v) is 6.76. The number of likely N-dealkylation sites (tertiary alicyclic amines) is 1. The summed E-state index contributed by atoms with van der Waals surface area (Å²) in [7, 11) is -2.06. The zero-order valence-corrected chi connectivity index (χ0v) is 11.7. The van der Waals surface area contributed by atoms with Gasteiger partial charge < -0.3 is 14.7 Å². The van der Waals surface area contributed by atoms with Gasteiger partial charge in [-0.25, -0.2) is 8.42 Å². The fraction of sp³-hybridized carbons (Fsp3) is 0.818. The molecule has 110 valence electrons. The van der Waals surface area contributed by atoms with E-state index in [-0.39, 0.29) is 12.4 Å². The van der Waals surface area contributed by atoms with Gasteiger partial charge in [0.1, 0.15) is 5.75 Å². The predicted molar refractivity (Wildman–Crippen MR) is 67.5 cm³/mol. The Morgan fingerprint density at radius 1 is 1.32 bits per heavy atom. The number of hydrogen-bond donors (Lipinski definition) is 1. The van der Waals surface area contributed by atoms with Gasteiger partial charge >= 0.3 is 5.97 Å². The number of carboxylic acids is 1. The summed E-state index contributed by atoms with van der Waals surface area (Å²) >= 11 is 0. The Morgan fingerprint density at radius 2 is 1.89 bits per heavy atom. The van der Waals surface area contributed by atoms with Crippen LogP contribution in [-0.4, -0.2) is 68.6 Å². The number of nitrogens with zero attached hydrogens (tertiary/aromatic N) is 1. The molecule has 8 heteroatoms. The fourth-order valence-corrected chi connectivity index (χ4v) is 3.06. The number of carbonyl (C=O) groups excluding carboxylic acids is 1. The maximum absolute atomic E-state index is 11.8. The molecule has 1 heterocycles. The summed E-state index contributed by atoms with van der Waals surface area (Å²) in [5.74, 6) is -2.47. The van der Waals surface area contributed by atoms with Crippen LogP contribution in [0.5, 0.6) is 0 Å². The first-order chi connectivity index (χ1) is 8.85. The first-order valence-electron chi connectivity index (χ1n) is 6.05. The van der Waals surface area contributed by atoms with Crippen LogP contribution < -0.4 is 0 Å². The third-order valence-electron chi connectivity index (χ3n) is 3.14.